The van der Waals surface area contributed by atoms with Gasteiger partial charge in [0.1, 0.15) is 5.82 Å². The first-order chi connectivity index (χ1) is 12.8. The highest BCUT2D eigenvalue weighted by Crippen LogP contribution is 2.18. The van der Waals surface area contributed by atoms with E-state index in [2.05, 4.69) is 24.1 Å². The van der Waals surface area contributed by atoms with E-state index in [4.69, 9.17) is 10.2 Å². The molecule has 27 heavy (non-hydrogen) atoms. The van der Waals surface area contributed by atoms with Crippen molar-refractivity contribution < 1.29 is 24.2 Å². The third-order valence-corrected chi connectivity index (χ3v) is 4.12. The molecule has 0 bridgehead atoms. The molecule has 1 fully saturated rings. The predicted octanol–water partition coefficient (Wildman–Crippen LogP) is 2.75. The zero-order chi connectivity index (χ0) is 20.2. The molecule has 0 amide bonds. The normalized spacial score (nSPS) is 15.0. The number of piperidine rings is 1. The van der Waals surface area contributed by atoms with E-state index in [1.165, 1.54) is 12.8 Å². The predicted molar refractivity (Wildman–Crippen MR) is 102 cm³/mol. The Bertz CT molecular complexity index is 612. The van der Waals surface area contributed by atoms with Crippen molar-refractivity contribution >= 4 is 11.9 Å². The molecule has 1 aromatic carbocycles. The number of halogens is 1. The van der Waals surface area contributed by atoms with Crippen molar-refractivity contribution in [3.8, 4) is 0 Å². The van der Waals surface area contributed by atoms with Gasteiger partial charge in [0.15, 0.2) is 0 Å². The van der Waals surface area contributed by atoms with Gasteiger partial charge < -0.3 is 15.5 Å². The van der Waals surface area contributed by atoms with Gasteiger partial charge >= 0.3 is 11.9 Å². The standard InChI is InChI=1S/C16H25FN2.C4H4O4/c1-13(2)11-19(15-7-9-18-10-8-15)12-14-5-3-4-6-16(14)17;5-3(6)1-2-4(7)8/h3-6,13,15,18H,7-12H2,1-2H3;1-2H,(H,5,6)(H,7,8). The van der Waals surface area contributed by atoms with Crippen LogP contribution in [0.25, 0.3) is 0 Å². The molecule has 1 saturated heterocycles. The van der Waals surface area contributed by atoms with Crippen molar-refractivity contribution in [2.75, 3.05) is 19.6 Å². The molecule has 150 valence electrons. The third-order valence-electron chi connectivity index (χ3n) is 4.12. The molecule has 1 aliphatic heterocycles. The van der Waals surface area contributed by atoms with Crippen molar-refractivity contribution in [2.24, 2.45) is 5.92 Å². The first-order valence-corrected chi connectivity index (χ1v) is 9.11. The molecule has 6 nitrogen and oxygen atoms in total. The number of carboxylic acid groups (broad SMARTS) is 2. The Kier molecular flexibility index (Phi) is 10.3. The highest BCUT2D eigenvalue weighted by molar-refractivity contribution is 5.89. The summed E-state index contributed by atoms with van der Waals surface area (Å²) in [5, 5.41) is 19.0. The maximum Gasteiger partial charge on any atom is 0.328 e. The van der Waals surface area contributed by atoms with Gasteiger partial charge in [-0.25, -0.2) is 14.0 Å². The van der Waals surface area contributed by atoms with E-state index in [1.54, 1.807) is 12.1 Å². The van der Waals surface area contributed by atoms with Gasteiger partial charge in [0.2, 0.25) is 0 Å². The number of rotatable bonds is 7. The van der Waals surface area contributed by atoms with E-state index >= 15 is 0 Å². The number of nitrogens with one attached hydrogen (secondary N) is 1. The van der Waals surface area contributed by atoms with Crippen LogP contribution in [0.4, 0.5) is 4.39 Å². The summed E-state index contributed by atoms with van der Waals surface area (Å²) in [6.45, 7) is 8.40. The minimum atomic E-state index is -1.26. The van der Waals surface area contributed by atoms with Crippen LogP contribution < -0.4 is 5.32 Å². The largest absolute Gasteiger partial charge is 0.478 e. The lowest BCUT2D eigenvalue weighted by Gasteiger charge is -2.35. The Morgan fingerprint density at radius 1 is 1.19 bits per heavy atom. The Balaban J connectivity index is 0.000000387. The topological polar surface area (TPSA) is 89.9 Å². The highest BCUT2D eigenvalue weighted by atomic mass is 19.1. The molecule has 0 saturated carbocycles. The van der Waals surface area contributed by atoms with Crippen LogP contribution >= 0.6 is 0 Å². The van der Waals surface area contributed by atoms with Gasteiger partial charge in [-0.3, -0.25) is 4.90 Å². The van der Waals surface area contributed by atoms with Crippen molar-refractivity contribution in [3.63, 3.8) is 0 Å². The number of carbonyl (C=O) groups is 2. The number of aliphatic carboxylic acids is 2. The molecule has 3 N–H and O–H groups in total. The smallest absolute Gasteiger partial charge is 0.328 e. The molecule has 0 aromatic heterocycles. The van der Waals surface area contributed by atoms with Crippen LogP contribution in [0.2, 0.25) is 0 Å². The number of carboxylic acids is 2. The van der Waals surface area contributed by atoms with Crippen molar-refractivity contribution in [2.45, 2.75) is 39.3 Å². The van der Waals surface area contributed by atoms with E-state index < -0.39 is 11.9 Å². The maximum absolute atomic E-state index is 13.8. The monoisotopic (exact) mass is 380 g/mol. The Morgan fingerprint density at radius 2 is 1.74 bits per heavy atom. The quantitative estimate of drug-likeness (QED) is 0.630. The lowest BCUT2D eigenvalue weighted by atomic mass is 10.0. The summed E-state index contributed by atoms with van der Waals surface area (Å²) in [7, 11) is 0. The van der Waals surface area contributed by atoms with E-state index in [0.29, 0.717) is 24.1 Å². The van der Waals surface area contributed by atoms with Gasteiger partial charge in [0, 0.05) is 36.8 Å². The average Bonchev–Trinajstić information content (AvgIpc) is 2.62. The first kappa shape index (κ1) is 22.8. The van der Waals surface area contributed by atoms with Crippen molar-refractivity contribution in [1.82, 2.24) is 10.2 Å². The molecule has 0 spiro atoms. The molecule has 1 heterocycles. The minimum Gasteiger partial charge on any atom is -0.478 e. The van der Waals surface area contributed by atoms with Gasteiger partial charge in [-0.1, -0.05) is 32.0 Å². The van der Waals surface area contributed by atoms with E-state index in [0.717, 1.165) is 31.7 Å². The van der Waals surface area contributed by atoms with Crippen LogP contribution in [0.5, 0.6) is 0 Å². The molecule has 0 radical (unpaired) electrons. The molecule has 1 aliphatic rings. The summed E-state index contributed by atoms with van der Waals surface area (Å²) in [6, 6.07) is 7.74. The van der Waals surface area contributed by atoms with E-state index in [1.807, 2.05) is 12.1 Å². The van der Waals surface area contributed by atoms with Crippen LogP contribution in [0.1, 0.15) is 32.3 Å². The highest BCUT2D eigenvalue weighted by Gasteiger charge is 2.22. The van der Waals surface area contributed by atoms with Gasteiger partial charge in [-0.2, -0.15) is 0 Å². The number of hydrogen-bond donors (Lipinski definition) is 3. The zero-order valence-corrected chi connectivity index (χ0v) is 15.9. The Morgan fingerprint density at radius 3 is 2.22 bits per heavy atom. The van der Waals surface area contributed by atoms with Crippen LogP contribution in [0, 0.1) is 11.7 Å². The van der Waals surface area contributed by atoms with Gasteiger partial charge in [0.05, 0.1) is 0 Å². The molecule has 2 rings (SSSR count). The minimum absolute atomic E-state index is 0.0785. The Hall–Kier alpha value is -2.25. The third kappa shape index (κ3) is 9.86. The lowest BCUT2D eigenvalue weighted by molar-refractivity contribution is -0.134. The summed E-state index contributed by atoms with van der Waals surface area (Å²) < 4.78 is 13.8. The fraction of sp³-hybridized carbons (Fsp3) is 0.500. The van der Waals surface area contributed by atoms with Crippen LogP contribution in [-0.2, 0) is 16.1 Å². The van der Waals surface area contributed by atoms with Crippen molar-refractivity contribution in [3.05, 3.63) is 47.8 Å². The summed E-state index contributed by atoms with van der Waals surface area (Å²) >= 11 is 0. The van der Waals surface area contributed by atoms with Gasteiger partial charge in [-0.15, -0.1) is 0 Å². The van der Waals surface area contributed by atoms with E-state index in [9.17, 15) is 14.0 Å². The molecular formula is C20H29FN2O4. The zero-order valence-electron chi connectivity index (χ0n) is 15.9. The molecule has 0 aliphatic carbocycles. The molecule has 0 unspecified atom stereocenters. The van der Waals surface area contributed by atoms with E-state index in [-0.39, 0.29) is 5.82 Å². The summed E-state index contributed by atoms with van der Waals surface area (Å²) in [5.41, 5.74) is 0.821. The molecule has 7 heteroatoms. The van der Waals surface area contributed by atoms with Crippen LogP contribution in [0.15, 0.2) is 36.4 Å². The second-order valence-corrected chi connectivity index (χ2v) is 6.91. The van der Waals surface area contributed by atoms with Crippen LogP contribution in [-0.4, -0.2) is 52.7 Å². The second kappa shape index (κ2) is 12.2. The lowest BCUT2D eigenvalue weighted by Crippen LogP contribution is -2.44. The summed E-state index contributed by atoms with van der Waals surface area (Å²) in [4.78, 5) is 21.6. The number of hydrogen-bond acceptors (Lipinski definition) is 4. The number of nitrogens with zero attached hydrogens (tertiary/aromatic N) is 1. The molecular weight excluding hydrogens is 351 g/mol. The SMILES string of the molecule is CC(C)CN(Cc1ccccc1F)C1CCNCC1.O=C(O)C=CC(=O)O. The van der Waals surface area contributed by atoms with Gasteiger partial charge in [-0.05, 0) is 37.9 Å². The summed E-state index contributed by atoms with van der Waals surface area (Å²) in [5.74, 6) is -1.98. The average molecular weight is 380 g/mol. The fourth-order valence-corrected chi connectivity index (χ4v) is 2.97. The molecule has 1 aromatic rings. The maximum atomic E-state index is 13.8. The molecule has 0 atom stereocenters. The second-order valence-electron chi connectivity index (χ2n) is 6.91. The van der Waals surface area contributed by atoms with Gasteiger partial charge in [0.25, 0.3) is 0 Å². The Labute approximate surface area is 159 Å². The van der Waals surface area contributed by atoms with Crippen molar-refractivity contribution in [1.29, 1.82) is 0 Å². The first-order valence-electron chi connectivity index (χ1n) is 9.11. The van der Waals surface area contributed by atoms with Crippen LogP contribution in [0.3, 0.4) is 0 Å². The number of benzene rings is 1. The fourth-order valence-electron chi connectivity index (χ4n) is 2.97. The summed E-state index contributed by atoms with van der Waals surface area (Å²) in [6.07, 6.45) is 3.45.